The highest BCUT2D eigenvalue weighted by Gasteiger charge is 2.33. The zero-order valence-corrected chi connectivity index (χ0v) is 12.4. The third kappa shape index (κ3) is 2.98. The van der Waals surface area contributed by atoms with E-state index in [1.54, 1.807) is 0 Å². The number of anilines is 1. The monoisotopic (exact) mass is 260 g/mol. The van der Waals surface area contributed by atoms with E-state index < -0.39 is 5.54 Å². The highest BCUT2D eigenvalue weighted by molar-refractivity contribution is 5.99. The average Bonchev–Trinajstić information content (AvgIpc) is 2.35. The number of hydrogen-bond donors (Lipinski definition) is 1. The summed E-state index contributed by atoms with van der Waals surface area (Å²) in [4.78, 5) is 14.6. The van der Waals surface area contributed by atoms with E-state index in [1.165, 1.54) is 11.1 Å². The lowest BCUT2D eigenvalue weighted by Crippen LogP contribution is -2.56. The van der Waals surface area contributed by atoms with Gasteiger partial charge in [0.2, 0.25) is 5.91 Å². The molecule has 0 aromatic heterocycles. The largest absolute Gasteiger partial charge is 0.311 e. The van der Waals surface area contributed by atoms with E-state index in [0.717, 1.165) is 31.6 Å². The second kappa shape index (κ2) is 5.33. The number of nitrogens with one attached hydrogen (secondary N) is 1. The van der Waals surface area contributed by atoms with Crippen molar-refractivity contribution in [3.63, 3.8) is 0 Å². The van der Waals surface area contributed by atoms with E-state index in [-0.39, 0.29) is 5.91 Å². The first-order chi connectivity index (χ1) is 8.92. The number of carbonyl (C=O) groups excluding carboxylic acids is 1. The topological polar surface area (TPSA) is 32.3 Å². The van der Waals surface area contributed by atoms with Gasteiger partial charge in [0.1, 0.15) is 0 Å². The van der Waals surface area contributed by atoms with Gasteiger partial charge >= 0.3 is 0 Å². The molecule has 104 valence electrons. The van der Waals surface area contributed by atoms with Gasteiger partial charge in [0, 0.05) is 12.2 Å². The van der Waals surface area contributed by atoms with Crippen LogP contribution >= 0.6 is 0 Å². The molecule has 1 aliphatic rings. The fourth-order valence-electron chi connectivity index (χ4n) is 2.45. The molecule has 0 bridgehead atoms. The SMILES string of the molecule is Cc1ccc(N2CCCCNC(C)(C)C2=O)cc1C. The molecule has 3 heteroatoms. The quantitative estimate of drug-likeness (QED) is 0.842. The van der Waals surface area contributed by atoms with E-state index in [0.29, 0.717) is 0 Å². The van der Waals surface area contributed by atoms with Gasteiger partial charge in [0.25, 0.3) is 0 Å². The summed E-state index contributed by atoms with van der Waals surface area (Å²) in [6.45, 7) is 9.85. The number of aryl methyl sites for hydroxylation is 2. The van der Waals surface area contributed by atoms with Crippen molar-refractivity contribution in [2.45, 2.75) is 46.1 Å². The van der Waals surface area contributed by atoms with Crippen LogP contribution in [0.15, 0.2) is 18.2 Å². The van der Waals surface area contributed by atoms with Crippen molar-refractivity contribution >= 4 is 11.6 Å². The zero-order chi connectivity index (χ0) is 14.0. The summed E-state index contributed by atoms with van der Waals surface area (Å²) in [5.74, 6) is 0.162. The second-order valence-corrected chi connectivity index (χ2v) is 5.98. The summed E-state index contributed by atoms with van der Waals surface area (Å²) in [5, 5.41) is 3.35. The molecule has 0 saturated carbocycles. The molecule has 1 aliphatic heterocycles. The Morgan fingerprint density at radius 2 is 1.89 bits per heavy atom. The number of hydrogen-bond acceptors (Lipinski definition) is 2. The molecule has 2 rings (SSSR count). The lowest BCUT2D eigenvalue weighted by molar-refractivity contribution is -0.124. The molecule has 1 fully saturated rings. The first-order valence-corrected chi connectivity index (χ1v) is 7.06. The molecule has 19 heavy (non-hydrogen) atoms. The van der Waals surface area contributed by atoms with E-state index in [4.69, 9.17) is 0 Å². The van der Waals surface area contributed by atoms with Crippen LogP contribution < -0.4 is 10.2 Å². The lowest BCUT2D eigenvalue weighted by atomic mass is 9.99. The molecule has 1 amide bonds. The number of benzene rings is 1. The minimum Gasteiger partial charge on any atom is -0.311 e. The Balaban J connectivity index is 2.33. The van der Waals surface area contributed by atoms with Crippen molar-refractivity contribution in [3.05, 3.63) is 29.3 Å². The molecule has 1 aromatic rings. The van der Waals surface area contributed by atoms with Crippen LogP contribution in [0, 0.1) is 13.8 Å². The first-order valence-electron chi connectivity index (χ1n) is 7.06. The molecule has 1 heterocycles. The fourth-order valence-corrected chi connectivity index (χ4v) is 2.45. The normalized spacial score (nSPS) is 20.0. The van der Waals surface area contributed by atoms with Crippen molar-refractivity contribution in [2.75, 3.05) is 18.0 Å². The van der Waals surface area contributed by atoms with Crippen LogP contribution in [0.4, 0.5) is 5.69 Å². The Morgan fingerprint density at radius 1 is 1.16 bits per heavy atom. The predicted molar refractivity (Wildman–Crippen MR) is 79.6 cm³/mol. The van der Waals surface area contributed by atoms with Crippen molar-refractivity contribution in [2.24, 2.45) is 0 Å². The fraction of sp³-hybridized carbons (Fsp3) is 0.562. The Bertz CT molecular complexity index is 480. The summed E-state index contributed by atoms with van der Waals surface area (Å²) in [6, 6.07) is 6.26. The van der Waals surface area contributed by atoms with E-state index in [9.17, 15) is 4.79 Å². The molecular formula is C16H24N2O. The maximum atomic E-state index is 12.7. The van der Waals surface area contributed by atoms with Crippen LogP contribution in [0.2, 0.25) is 0 Å². The Labute approximate surface area is 116 Å². The second-order valence-electron chi connectivity index (χ2n) is 5.98. The molecule has 0 unspecified atom stereocenters. The summed E-state index contributed by atoms with van der Waals surface area (Å²) in [5.41, 5.74) is 3.03. The van der Waals surface area contributed by atoms with Crippen molar-refractivity contribution in [3.8, 4) is 0 Å². The molecule has 3 nitrogen and oxygen atoms in total. The summed E-state index contributed by atoms with van der Waals surface area (Å²) >= 11 is 0. The predicted octanol–water partition coefficient (Wildman–Crippen LogP) is 2.80. The number of carbonyl (C=O) groups is 1. The Morgan fingerprint density at radius 3 is 2.58 bits per heavy atom. The molecule has 0 aliphatic carbocycles. The lowest BCUT2D eigenvalue weighted by Gasteiger charge is -2.35. The van der Waals surface area contributed by atoms with E-state index in [2.05, 4.69) is 37.4 Å². The van der Waals surface area contributed by atoms with Gasteiger partial charge in [0.05, 0.1) is 5.54 Å². The zero-order valence-electron chi connectivity index (χ0n) is 12.4. The van der Waals surface area contributed by atoms with Crippen LogP contribution in [-0.4, -0.2) is 24.5 Å². The van der Waals surface area contributed by atoms with Gasteiger partial charge in [-0.1, -0.05) is 6.07 Å². The molecule has 1 saturated heterocycles. The minimum absolute atomic E-state index is 0.162. The molecular weight excluding hydrogens is 236 g/mol. The third-order valence-corrected chi connectivity index (χ3v) is 3.96. The highest BCUT2D eigenvalue weighted by atomic mass is 16.2. The van der Waals surface area contributed by atoms with Crippen LogP contribution in [-0.2, 0) is 4.79 Å². The summed E-state index contributed by atoms with van der Waals surface area (Å²) in [7, 11) is 0. The van der Waals surface area contributed by atoms with Crippen molar-refractivity contribution < 1.29 is 4.79 Å². The number of amides is 1. The van der Waals surface area contributed by atoms with Crippen LogP contribution in [0.25, 0.3) is 0 Å². The maximum absolute atomic E-state index is 12.7. The van der Waals surface area contributed by atoms with Crippen LogP contribution in [0.1, 0.15) is 37.8 Å². The third-order valence-electron chi connectivity index (χ3n) is 3.96. The van der Waals surface area contributed by atoms with Gasteiger partial charge < -0.3 is 10.2 Å². The summed E-state index contributed by atoms with van der Waals surface area (Å²) < 4.78 is 0. The molecule has 1 aromatic carbocycles. The highest BCUT2D eigenvalue weighted by Crippen LogP contribution is 2.23. The van der Waals surface area contributed by atoms with Crippen LogP contribution in [0.5, 0.6) is 0 Å². The Kier molecular flexibility index (Phi) is 3.95. The Hall–Kier alpha value is -1.35. The summed E-state index contributed by atoms with van der Waals surface area (Å²) in [6.07, 6.45) is 2.15. The van der Waals surface area contributed by atoms with Gasteiger partial charge in [-0.05, 0) is 70.3 Å². The maximum Gasteiger partial charge on any atom is 0.246 e. The molecule has 0 spiro atoms. The smallest absolute Gasteiger partial charge is 0.246 e. The average molecular weight is 260 g/mol. The van der Waals surface area contributed by atoms with E-state index in [1.807, 2.05) is 18.7 Å². The van der Waals surface area contributed by atoms with Crippen LogP contribution in [0.3, 0.4) is 0 Å². The molecule has 1 N–H and O–H groups in total. The first kappa shape index (κ1) is 14.1. The van der Waals surface area contributed by atoms with E-state index >= 15 is 0 Å². The van der Waals surface area contributed by atoms with Gasteiger partial charge in [-0.25, -0.2) is 0 Å². The number of rotatable bonds is 1. The van der Waals surface area contributed by atoms with Crippen molar-refractivity contribution in [1.29, 1.82) is 0 Å². The standard InChI is InChI=1S/C16H24N2O/c1-12-7-8-14(11-13(12)2)18-10-6-5-9-17-16(3,4)15(18)19/h7-8,11,17H,5-6,9-10H2,1-4H3. The van der Waals surface area contributed by atoms with Gasteiger partial charge in [-0.3, -0.25) is 4.79 Å². The number of nitrogens with zero attached hydrogens (tertiary/aromatic N) is 1. The minimum atomic E-state index is -0.487. The molecule has 0 radical (unpaired) electrons. The van der Waals surface area contributed by atoms with Gasteiger partial charge in [-0.15, -0.1) is 0 Å². The molecule has 0 atom stereocenters. The van der Waals surface area contributed by atoms with Crippen molar-refractivity contribution in [1.82, 2.24) is 5.32 Å². The van der Waals surface area contributed by atoms with Gasteiger partial charge in [0.15, 0.2) is 0 Å². The van der Waals surface area contributed by atoms with Gasteiger partial charge in [-0.2, -0.15) is 0 Å².